The topological polar surface area (TPSA) is 56.1 Å². The number of benzene rings is 1. The van der Waals surface area contributed by atoms with Crippen molar-refractivity contribution in [1.29, 1.82) is 5.26 Å². The molecule has 120 valence electrons. The van der Waals surface area contributed by atoms with Gasteiger partial charge in [0.15, 0.2) is 0 Å². The van der Waals surface area contributed by atoms with Crippen molar-refractivity contribution in [3.05, 3.63) is 29.8 Å². The quantitative estimate of drug-likeness (QED) is 0.785. The van der Waals surface area contributed by atoms with Crippen molar-refractivity contribution < 1.29 is 4.79 Å². The summed E-state index contributed by atoms with van der Waals surface area (Å²) in [6.07, 6.45) is 2.05. The lowest BCUT2D eigenvalue weighted by Crippen LogP contribution is -2.51. The monoisotopic (exact) mass is 319 g/mol. The van der Waals surface area contributed by atoms with E-state index in [1.807, 2.05) is 32.1 Å². The fourth-order valence-electron chi connectivity index (χ4n) is 1.97. The average Bonchev–Trinajstić information content (AvgIpc) is 2.47. The number of nitriles is 1. The number of hydrogen-bond acceptors (Lipinski definition) is 4. The van der Waals surface area contributed by atoms with Crippen molar-refractivity contribution in [3.63, 3.8) is 0 Å². The highest BCUT2D eigenvalue weighted by Crippen LogP contribution is 2.16. The molecule has 22 heavy (non-hydrogen) atoms. The van der Waals surface area contributed by atoms with Crippen molar-refractivity contribution in [2.45, 2.75) is 37.8 Å². The largest absolute Gasteiger partial charge is 0.337 e. The molecule has 1 amide bonds. The minimum atomic E-state index is -0.822. The van der Waals surface area contributed by atoms with E-state index in [2.05, 4.69) is 35.7 Å². The second-order valence-corrected chi connectivity index (χ2v) is 6.92. The second kappa shape index (κ2) is 8.21. The van der Waals surface area contributed by atoms with Gasteiger partial charge in [-0.25, -0.2) is 0 Å². The number of thioether (sulfide) groups is 1. The van der Waals surface area contributed by atoms with Crippen LogP contribution in [0.25, 0.3) is 0 Å². The smallest absolute Gasteiger partial charge is 0.235 e. The Morgan fingerprint density at radius 1 is 1.41 bits per heavy atom. The molecular weight excluding hydrogens is 294 g/mol. The minimum absolute atomic E-state index is 0.0610. The number of carbonyl (C=O) groups is 1. The standard InChI is InChI=1S/C17H25N3OS/c1-13(2)17(3,12-18)19-16(21)11-20(4)10-14-6-8-15(22-5)9-7-14/h6-9,13H,10-11H2,1-5H3,(H,19,21). The third-order valence-electron chi connectivity index (χ3n) is 3.81. The van der Waals surface area contributed by atoms with Crippen LogP contribution in [0.5, 0.6) is 0 Å². The summed E-state index contributed by atoms with van der Waals surface area (Å²) in [4.78, 5) is 15.3. The van der Waals surface area contributed by atoms with Gasteiger partial charge in [-0.2, -0.15) is 5.26 Å². The van der Waals surface area contributed by atoms with E-state index >= 15 is 0 Å². The zero-order valence-corrected chi connectivity index (χ0v) is 14.8. The van der Waals surface area contributed by atoms with Gasteiger partial charge in [-0.05, 0) is 43.8 Å². The maximum absolute atomic E-state index is 12.1. The molecule has 0 fully saturated rings. The molecule has 0 heterocycles. The first-order chi connectivity index (χ1) is 10.3. The third kappa shape index (κ3) is 5.36. The van der Waals surface area contributed by atoms with E-state index in [0.717, 1.165) is 0 Å². The van der Waals surface area contributed by atoms with Crippen LogP contribution < -0.4 is 5.32 Å². The summed E-state index contributed by atoms with van der Waals surface area (Å²) in [5, 5.41) is 12.1. The number of amides is 1. The van der Waals surface area contributed by atoms with E-state index in [9.17, 15) is 10.1 Å². The summed E-state index contributed by atoms with van der Waals surface area (Å²) < 4.78 is 0. The van der Waals surface area contributed by atoms with Crippen LogP contribution in [-0.2, 0) is 11.3 Å². The lowest BCUT2D eigenvalue weighted by molar-refractivity contribution is -0.123. The van der Waals surface area contributed by atoms with Gasteiger partial charge in [0.25, 0.3) is 0 Å². The van der Waals surface area contributed by atoms with Gasteiger partial charge in [-0.1, -0.05) is 26.0 Å². The van der Waals surface area contributed by atoms with Crippen molar-refractivity contribution in [3.8, 4) is 6.07 Å². The number of carbonyl (C=O) groups excluding carboxylic acids is 1. The molecule has 1 unspecified atom stereocenters. The van der Waals surface area contributed by atoms with Gasteiger partial charge in [0.2, 0.25) is 5.91 Å². The Morgan fingerprint density at radius 2 is 2.00 bits per heavy atom. The third-order valence-corrected chi connectivity index (χ3v) is 4.55. The molecule has 0 spiro atoms. The van der Waals surface area contributed by atoms with Gasteiger partial charge in [-0.3, -0.25) is 9.69 Å². The molecule has 0 aliphatic heterocycles. The van der Waals surface area contributed by atoms with Crippen molar-refractivity contribution in [1.82, 2.24) is 10.2 Å². The number of likely N-dealkylation sites (N-methyl/N-ethyl adjacent to an activating group) is 1. The van der Waals surface area contributed by atoms with Crippen LogP contribution >= 0.6 is 11.8 Å². The second-order valence-electron chi connectivity index (χ2n) is 6.04. The Balaban J connectivity index is 2.55. The van der Waals surface area contributed by atoms with Crippen molar-refractivity contribution in [2.75, 3.05) is 19.8 Å². The lowest BCUT2D eigenvalue weighted by atomic mass is 9.90. The molecule has 0 saturated heterocycles. The zero-order chi connectivity index (χ0) is 16.8. The number of nitrogens with one attached hydrogen (secondary N) is 1. The van der Waals surface area contributed by atoms with Crippen molar-refractivity contribution >= 4 is 17.7 Å². The molecule has 0 radical (unpaired) electrons. The molecule has 0 aliphatic rings. The van der Waals surface area contributed by atoms with E-state index in [4.69, 9.17) is 0 Å². The summed E-state index contributed by atoms with van der Waals surface area (Å²) in [5.74, 6) is -0.0631. The van der Waals surface area contributed by atoms with Crippen LogP contribution in [-0.4, -0.2) is 36.2 Å². The molecule has 0 aliphatic carbocycles. The molecule has 5 heteroatoms. The molecule has 0 bridgehead atoms. The van der Waals surface area contributed by atoms with Gasteiger partial charge in [0, 0.05) is 11.4 Å². The van der Waals surface area contributed by atoms with E-state index < -0.39 is 5.54 Å². The van der Waals surface area contributed by atoms with Crippen LogP contribution in [0.3, 0.4) is 0 Å². The Labute approximate surface area is 137 Å². The maximum Gasteiger partial charge on any atom is 0.235 e. The average molecular weight is 319 g/mol. The van der Waals surface area contributed by atoms with Gasteiger partial charge < -0.3 is 5.32 Å². The predicted molar refractivity (Wildman–Crippen MR) is 91.6 cm³/mol. The Bertz CT molecular complexity index is 536. The van der Waals surface area contributed by atoms with E-state index in [1.165, 1.54) is 10.5 Å². The normalized spacial score (nSPS) is 13.7. The van der Waals surface area contributed by atoms with Gasteiger partial charge in [-0.15, -0.1) is 11.8 Å². The fourth-order valence-corrected chi connectivity index (χ4v) is 2.38. The van der Waals surface area contributed by atoms with Gasteiger partial charge in [0.1, 0.15) is 5.54 Å². The first-order valence-electron chi connectivity index (χ1n) is 7.34. The highest BCUT2D eigenvalue weighted by atomic mass is 32.2. The maximum atomic E-state index is 12.1. The summed E-state index contributed by atoms with van der Waals surface area (Å²) in [6.45, 7) is 6.60. The van der Waals surface area contributed by atoms with E-state index in [0.29, 0.717) is 6.54 Å². The van der Waals surface area contributed by atoms with Gasteiger partial charge in [0.05, 0.1) is 12.6 Å². The molecule has 4 nitrogen and oxygen atoms in total. The number of nitrogens with zero attached hydrogens (tertiary/aromatic N) is 2. The Morgan fingerprint density at radius 3 is 2.45 bits per heavy atom. The summed E-state index contributed by atoms with van der Waals surface area (Å²) in [7, 11) is 1.90. The molecule has 1 N–H and O–H groups in total. The first-order valence-corrected chi connectivity index (χ1v) is 8.57. The highest BCUT2D eigenvalue weighted by Gasteiger charge is 2.30. The molecule has 1 aromatic rings. The van der Waals surface area contributed by atoms with Crippen LogP contribution in [0, 0.1) is 17.2 Å². The van der Waals surface area contributed by atoms with Crippen LogP contribution in [0.4, 0.5) is 0 Å². The molecule has 1 atom stereocenters. The predicted octanol–water partition coefficient (Wildman–Crippen LogP) is 2.89. The van der Waals surface area contributed by atoms with E-state index in [1.54, 1.807) is 18.7 Å². The van der Waals surface area contributed by atoms with Crippen molar-refractivity contribution in [2.24, 2.45) is 5.92 Å². The summed E-state index contributed by atoms with van der Waals surface area (Å²) >= 11 is 1.71. The SMILES string of the molecule is CSc1ccc(CN(C)CC(=O)NC(C)(C#N)C(C)C)cc1. The zero-order valence-electron chi connectivity index (χ0n) is 14.0. The minimum Gasteiger partial charge on any atom is -0.337 e. The van der Waals surface area contributed by atoms with Crippen LogP contribution in [0.15, 0.2) is 29.2 Å². The Hall–Kier alpha value is -1.51. The number of hydrogen-bond donors (Lipinski definition) is 1. The van der Waals surface area contributed by atoms with Crippen LogP contribution in [0.2, 0.25) is 0 Å². The molecular formula is C17H25N3OS. The molecule has 1 rings (SSSR count). The van der Waals surface area contributed by atoms with Gasteiger partial charge >= 0.3 is 0 Å². The summed E-state index contributed by atoms with van der Waals surface area (Å²) in [5.41, 5.74) is 0.345. The molecule has 0 saturated carbocycles. The lowest BCUT2D eigenvalue weighted by Gasteiger charge is -2.28. The van der Waals surface area contributed by atoms with Crippen LogP contribution in [0.1, 0.15) is 26.3 Å². The van der Waals surface area contributed by atoms with E-state index in [-0.39, 0.29) is 18.4 Å². The first kappa shape index (κ1) is 18.5. The molecule has 0 aromatic heterocycles. The number of rotatable bonds is 7. The summed E-state index contributed by atoms with van der Waals surface area (Å²) in [6, 6.07) is 10.5. The highest BCUT2D eigenvalue weighted by molar-refractivity contribution is 7.98. The fraction of sp³-hybridized carbons (Fsp3) is 0.529. The Kier molecular flexibility index (Phi) is 6.92. The molecule has 1 aromatic carbocycles.